The van der Waals surface area contributed by atoms with Gasteiger partial charge < -0.3 is 0 Å². The van der Waals surface area contributed by atoms with Crippen molar-refractivity contribution >= 4 is 11.8 Å². The summed E-state index contributed by atoms with van der Waals surface area (Å²) in [5.41, 5.74) is 0. The van der Waals surface area contributed by atoms with Gasteiger partial charge in [-0.2, -0.15) is 0 Å². The fraction of sp³-hybridized carbons (Fsp3) is 0.909. The Kier molecular flexibility index (Phi) is 4.66. The van der Waals surface area contributed by atoms with Crippen LogP contribution in [0.3, 0.4) is 0 Å². The first kappa shape index (κ1) is 10.9. The maximum Gasteiger partial charge on any atom is 0.277 e. The quantitative estimate of drug-likeness (QED) is 0.485. The number of unbranched alkanes of at least 4 members (excludes halogenated alkanes) is 1. The minimum atomic E-state index is -0.0204. The first-order valence-electron chi connectivity index (χ1n) is 5.35. The van der Waals surface area contributed by atoms with Crippen molar-refractivity contribution in [3.63, 3.8) is 0 Å². The maximum absolute atomic E-state index is 7.28. The largest absolute Gasteiger partial charge is 0.299 e. The fourth-order valence-electron chi connectivity index (χ4n) is 1.80. The second-order valence-electron chi connectivity index (χ2n) is 3.82. The Morgan fingerprint density at radius 3 is 2.54 bits per heavy atom. The summed E-state index contributed by atoms with van der Waals surface area (Å²) in [6, 6.07) is 0. The zero-order valence-electron chi connectivity index (χ0n) is 8.51. The van der Waals surface area contributed by atoms with Crippen molar-refractivity contribution in [2.24, 2.45) is 0 Å². The van der Waals surface area contributed by atoms with Crippen LogP contribution in [0.15, 0.2) is 0 Å². The van der Waals surface area contributed by atoms with Crippen LogP contribution in [-0.4, -0.2) is 10.6 Å². The number of nitrogens with zero attached hydrogens (tertiary/aromatic N) is 1. The first-order valence-corrected chi connectivity index (χ1v) is 6.34. The monoisotopic (exact) mass is 197 g/mol. The second-order valence-corrected chi connectivity index (χ2v) is 5.28. The van der Waals surface area contributed by atoms with Gasteiger partial charge in [0.25, 0.3) is 4.87 Å². The molecule has 0 saturated heterocycles. The third kappa shape index (κ3) is 3.23. The van der Waals surface area contributed by atoms with Crippen molar-refractivity contribution in [1.29, 1.82) is 0 Å². The predicted octanol–water partition coefficient (Wildman–Crippen LogP) is 4.10. The van der Waals surface area contributed by atoms with E-state index >= 15 is 0 Å². The summed E-state index contributed by atoms with van der Waals surface area (Å²) in [7, 11) is 0. The number of rotatable bonds is 4. The lowest BCUT2D eigenvalue weighted by atomic mass is 9.95. The Hall–Kier alpha value is -0.160. The topological polar surface area (TPSA) is 4.36 Å². The van der Waals surface area contributed by atoms with E-state index < -0.39 is 0 Å². The lowest BCUT2D eigenvalue weighted by molar-refractivity contribution is 0.450. The van der Waals surface area contributed by atoms with Crippen molar-refractivity contribution in [2.75, 3.05) is 5.75 Å². The van der Waals surface area contributed by atoms with E-state index in [1.54, 1.807) is 0 Å². The Bertz CT molecular complexity index is 177. The lowest BCUT2D eigenvalue weighted by Crippen LogP contribution is -2.23. The molecular weight excluding hydrogens is 178 g/mol. The van der Waals surface area contributed by atoms with E-state index in [1.165, 1.54) is 37.9 Å². The van der Waals surface area contributed by atoms with E-state index in [2.05, 4.69) is 11.8 Å². The van der Waals surface area contributed by atoms with Crippen LogP contribution in [0, 0.1) is 6.57 Å². The molecular formula is C11H19NS. The molecule has 0 unspecified atom stereocenters. The SMILES string of the molecule is [C-]#[N+]C1(SCCCC)CCCCC1. The number of hydrogen-bond donors (Lipinski definition) is 0. The van der Waals surface area contributed by atoms with Crippen LogP contribution in [0.4, 0.5) is 0 Å². The van der Waals surface area contributed by atoms with Crippen molar-refractivity contribution in [3.8, 4) is 0 Å². The average molecular weight is 197 g/mol. The molecule has 1 rings (SSSR count). The molecule has 74 valence electrons. The van der Waals surface area contributed by atoms with Crippen molar-refractivity contribution in [2.45, 2.75) is 56.7 Å². The second kappa shape index (κ2) is 5.54. The van der Waals surface area contributed by atoms with Gasteiger partial charge in [0.05, 0.1) is 0 Å². The highest BCUT2D eigenvalue weighted by Crippen LogP contribution is 2.41. The third-order valence-corrected chi connectivity index (χ3v) is 4.24. The lowest BCUT2D eigenvalue weighted by Gasteiger charge is -2.25. The highest BCUT2D eigenvalue weighted by Gasteiger charge is 2.38. The molecule has 0 radical (unpaired) electrons. The molecule has 1 aliphatic carbocycles. The summed E-state index contributed by atoms with van der Waals surface area (Å²) in [4.78, 5) is 3.84. The van der Waals surface area contributed by atoms with E-state index in [-0.39, 0.29) is 4.87 Å². The van der Waals surface area contributed by atoms with E-state index in [0.717, 1.165) is 12.8 Å². The molecule has 0 amide bonds. The molecule has 0 aromatic carbocycles. The van der Waals surface area contributed by atoms with Gasteiger partial charge in [-0.3, -0.25) is 4.85 Å². The first-order chi connectivity index (χ1) is 6.33. The van der Waals surface area contributed by atoms with E-state index in [4.69, 9.17) is 6.57 Å². The van der Waals surface area contributed by atoms with Gasteiger partial charge >= 0.3 is 0 Å². The van der Waals surface area contributed by atoms with Crippen molar-refractivity contribution in [1.82, 2.24) is 0 Å². The molecule has 1 aliphatic rings. The minimum absolute atomic E-state index is 0.0204. The summed E-state index contributed by atoms with van der Waals surface area (Å²) in [6.45, 7) is 9.50. The Labute approximate surface area is 86.1 Å². The molecule has 1 fully saturated rings. The van der Waals surface area contributed by atoms with Gasteiger partial charge in [-0.25, -0.2) is 6.57 Å². The molecule has 0 aromatic rings. The summed E-state index contributed by atoms with van der Waals surface area (Å²) in [5.74, 6) is 1.18. The Morgan fingerprint density at radius 2 is 2.00 bits per heavy atom. The smallest absolute Gasteiger partial charge is 0.277 e. The van der Waals surface area contributed by atoms with Gasteiger partial charge in [0.15, 0.2) is 0 Å². The molecule has 0 spiro atoms. The van der Waals surface area contributed by atoms with E-state index in [9.17, 15) is 0 Å². The van der Waals surface area contributed by atoms with Gasteiger partial charge in [-0.05, 0) is 19.3 Å². The molecule has 1 nitrogen and oxygen atoms in total. The molecule has 0 aromatic heterocycles. The zero-order valence-corrected chi connectivity index (χ0v) is 9.33. The molecule has 2 heteroatoms. The molecule has 1 saturated carbocycles. The molecule has 0 bridgehead atoms. The van der Waals surface area contributed by atoms with Crippen molar-refractivity contribution in [3.05, 3.63) is 11.4 Å². The minimum Gasteiger partial charge on any atom is -0.299 e. The van der Waals surface area contributed by atoms with Crippen molar-refractivity contribution < 1.29 is 0 Å². The van der Waals surface area contributed by atoms with Crippen LogP contribution in [0.5, 0.6) is 0 Å². The Morgan fingerprint density at radius 1 is 1.31 bits per heavy atom. The third-order valence-electron chi connectivity index (χ3n) is 2.71. The molecule has 0 atom stereocenters. The van der Waals surface area contributed by atoms with E-state index in [0.29, 0.717) is 0 Å². The summed E-state index contributed by atoms with van der Waals surface area (Å²) in [6.07, 6.45) is 8.65. The Balaban J connectivity index is 2.35. The van der Waals surface area contributed by atoms with Gasteiger partial charge in [0.1, 0.15) is 0 Å². The molecule has 0 N–H and O–H groups in total. The van der Waals surface area contributed by atoms with Gasteiger partial charge in [-0.15, -0.1) is 0 Å². The molecule has 0 heterocycles. The number of hydrogen-bond acceptors (Lipinski definition) is 1. The van der Waals surface area contributed by atoms with Crippen LogP contribution in [0.25, 0.3) is 4.85 Å². The number of thioether (sulfide) groups is 1. The zero-order chi connectivity index (χ0) is 9.57. The maximum atomic E-state index is 7.28. The van der Waals surface area contributed by atoms with Crippen LogP contribution in [0.2, 0.25) is 0 Å². The highest BCUT2D eigenvalue weighted by atomic mass is 32.2. The van der Waals surface area contributed by atoms with Crippen LogP contribution >= 0.6 is 11.8 Å². The van der Waals surface area contributed by atoms with E-state index in [1.807, 2.05) is 11.8 Å². The van der Waals surface area contributed by atoms with Gasteiger partial charge in [0.2, 0.25) is 0 Å². The highest BCUT2D eigenvalue weighted by molar-refractivity contribution is 8.00. The average Bonchev–Trinajstić information content (AvgIpc) is 2.20. The predicted molar refractivity (Wildman–Crippen MR) is 59.8 cm³/mol. The standard InChI is InChI=1S/C11H19NS/c1-3-4-10-13-11(12-2)8-6-5-7-9-11/h3-10H2,1H3. The normalized spacial score (nSPS) is 20.9. The summed E-state index contributed by atoms with van der Waals surface area (Å²) < 4.78 is 0. The van der Waals surface area contributed by atoms with Gasteiger partial charge in [0, 0.05) is 18.6 Å². The summed E-state index contributed by atoms with van der Waals surface area (Å²) in [5, 5.41) is 0. The van der Waals surface area contributed by atoms with Crippen LogP contribution in [0.1, 0.15) is 51.9 Å². The van der Waals surface area contributed by atoms with Crippen LogP contribution in [-0.2, 0) is 0 Å². The molecule has 13 heavy (non-hydrogen) atoms. The molecule has 0 aliphatic heterocycles. The fourth-order valence-corrected chi connectivity index (χ4v) is 3.25. The van der Waals surface area contributed by atoms with Gasteiger partial charge in [-0.1, -0.05) is 31.5 Å². The van der Waals surface area contributed by atoms with Crippen LogP contribution < -0.4 is 0 Å². The summed E-state index contributed by atoms with van der Waals surface area (Å²) >= 11 is 1.92.